The smallest absolute Gasteiger partial charge is 0.245 e. The molecule has 1 amide bonds. The minimum atomic E-state index is -0.0651. The second-order valence-electron chi connectivity index (χ2n) is 7.69. The fourth-order valence-corrected chi connectivity index (χ4v) is 5.37. The number of anilines is 1. The summed E-state index contributed by atoms with van der Waals surface area (Å²) in [6, 6.07) is 6.27. The number of carbonyl (C=O) groups is 1. The van der Waals surface area contributed by atoms with Crippen molar-refractivity contribution in [1.29, 1.82) is 0 Å². The lowest BCUT2D eigenvalue weighted by molar-refractivity contribution is -0.125. The number of nitrogens with two attached hydrogens (primary N) is 1. The number of likely N-dealkylation sites (tertiary alicyclic amines) is 1. The van der Waals surface area contributed by atoms with E-state index in [1.165, 1.54) is 12.4 Å². The average molecular weight is 435 g/mol. The van der Waals surface area contributed by atoms with E-state index in [0.717, 1.165) is 44.2 Å². The molecule has 2 N–H and O–H groups in total. The maximum atomic E-state index is 12.0. The van der Waals surface area contributed by atoms with Crippen molar-refractivity contribution in [3.8, 4) is 16.3 Å². The van der Waals surface area contributed by atoms with Gasteiger partial charge < -0.3 is 15.4 Å². The Balaban J connectivity index is 1.66. The van der Waals surface area contributed by atoms with Gasteiger partial charge in [0.1, 0.15) is 29.1 Å². The SMILES string of the molecule is C=CC(=O)N1CCC(c2nc(-c3cc4cc(C)cc(OC)c4s3)c3c(N)ncnn23)C1. The number of nitrogen functional groups attached to an aromatic ring is 1. The van der Waals surface area contributed by atoms with Gasteiger partial charge in [-0.3, -0.25) is 4.79 Å². The molecule has 1 unspecified atom stereocenters. The highest BCUT2D eigenvalue weighted by molar-refractivity contribution is 7.22. The molecule has 3 aromatic heterocycles. The molecular formula is C22H22N6O2S. The maximum Gasteiger partial charge on any atom is 0.245 e. The van der Waals surface area contributed by atoms with Crippen LogP contribution in [0.15, 0.2) is 37.2 Å². The van der Waals surface area contributed by atoms with E-state index in [0.29, 0.717) is 24.4 Å². The molecule has 0 radical (unpaired) electrons. The number of nitrogens with zero attached hydrogens (tertiary/aromatic N) is 5. The number of rotatable bonds is 4. The predicted molar refractivity (Wildman–Crippen MR) is 121 cm³/mol. The predicted octanol–water partition coefficient (Wildman–Crippen LogP) is 3.41. The van der Waals surface area contributed by atoms with Crippen molar-refractivity contribution in [2.45, 2.75) is 19.3 Å². The second kappa shape index (κ2) is 7.35. The van der Waals surface area contributed by atoms with Gasteiger partial charge in [-0.1, -0.05) is 12.6 Å². The largest absolute Gasteiger partial charge is 0.495 e. The van der Waals surface area contributed by atoms with Crippen molar-refractivity contribution in [3.63, 3.8) is 0 Å². The number of hydrogen-bond donors (Lipinski definition) is 1. The Labute approximate surface area is 183 Å². The third-order valence-corrected chi connectivity index (χ3v) is 6.88. The molecule has 158 valence electrons. The summed E-state index contributed by atoms with van der Waals surface area (Å²) >= 11 is 1.61. The molecule has 4 aromatic rings. The fraction of sp³-hybridized carbons (Fsp3) is 0.273. The van der Waals surface area contributed by atoms with E-state index in [1.54, 1.807) is 27.9 Å². The van der Waals surface area contributed by atoms with Crippen LogP contribution in [-0.4, -0.2) is 50.6 Å². The number of imidazole rings is 1. The number of methoxy groups -OCH3 is 1. The Morgan fingerprint density at radius 1 is 1.39 bits per heavy atom. The van der Waals surface area contributed by atoms with Crippen molar-refractivity contribution in [2.24, 2.45) is 0 Å². The Hall–Kier alpha value is -3.46. The zero-order valence-corrected chi connectivity index (χ0v) is 18.1. The van der Waals surface area contributed by atoms with Gasteiger partial charge in [0, 0.05) is 19.0 Å². The number of benzene rings is 1. The van der Waals surface area contributed by atoms with Gasteiger partial charge in [-0.15, -0.1) is 11.3 Å². The summed E-state index contributed by atoms with van der Waals surface area (Å²) < 4.78 is 8.42. The number of amides is 1. The van der Waals surface area contributed by atoms with Gasteiger partial charge in [-0.25, -0.2) is 14.5 Å². The van der Waals surface area contributed by atoms with Gasteiger partial charge in [-0.2, -0.15) is 5.10 Å². The summed E-state index contributed by atoms with van der Waals surface area (Å²) in [6.07, 6.45) is 3.60. The van der Waals surface area contributed by atoms with E-state index in [-0.39, 0.29) is 11.8 Å². The highest BCUT2D eigenvalue weighted by atomic mass is 32.1. The fourth-order valence-electron chi connectivity index (χ4n) is 4.25. The standard InChI is InChI=1S/C22H22N6O2S/c1-4-17(29)27-6-5-13(10-27)22-26-18(19-21(23)24-11-25-28(19)22)16-9-14-7-12(2)8-15(30-3)20(14)31-16/h4,7-9,11,13H,1,5-6,10H2,2-3H3,(H2,23,24,25). The molecule has 1 saturated heterocycles. The normalized spacial score (nSPS) is 16.3. The molecule has 31 heavy (non-hydrogen) atoms. The summed E-state index contributed by atoms with van der Waals surface area (Å²) in [5, 5.41) is 5.54. The molecule has 0 aliphatic carbocycles. The Kier molecular flexibility index (Phi) is 4.62. The van der Waals surface area contributed by atoms with Crippen LogP contribution >= 0.6 is 11.3 Å². The van der Waals surface area contributed by atoms with Gasteiger partial charge in [0.25, 0.3) is 0 Å². The van der Waals surface area contributed by atoms with Gasteiger partial charge >= 0.3 is 0 Å². The molecule has 8 nitrogen and oxygen atoms in total. The first-order valence-electron chi connectivity index (χ1n) is 9.99. The molecule has 9 heteroatoms. The van der Waals surface area contributed by atoms with E-state index >= 15 is 0 Å². The lowest BCUT2D eigenvalue weighted by Crippen LogP contribution is -2.26. The van der Waals surface area contributed by atoms with Crippen LogP contribution in [0, 0.1) is 6.92 Å². The van der Waals surface area contributed by atoms with Gasteiger partial charge in [-0.05, 0) is 42.5 Å². The van der Waals surface area contributed by atoms with Crippen molar-refractivity contribution >= 4 is 38.7 Å². The molecule has 4 heterocycles. The first-order valence-corrected chi connectivity index (χ1v) is 10.8. The molecule has 1 aliphatic rings. The Morgan fingerprint density at radius 3 is 3.00 bits per heavy atom. The van der Waals surface area contributed by atoms with E-state index in [9.17, 15) is 4.79 Å². The third kappa shape index (κ3) is 3.12. The minimum absolute atomic E-state index is 0.0607. The summed E-state index contributed by atoms with van der Waals surface area (Å²) in [4.78, 5) is 24.0. The zero-order chi connectivity index (χ0) is 21.7. The lowest BCUT2D eigenvalue weighted by atomic mass is 10.1. The van der Waals surface area contributed by atoms with Crippen LogP contribution in [0.1, 0.15) is 23.7 Å². The van der Waals surface area contributed by atoms with Crippen LogP contribution in [0.4, 0.5) is 5.82 Å². The van der Waals surface area contributed by atoms with Crippen LogP contribution in [0.25, 0.3) is 26.2 Å². The third-order valence-electron chi connectivity index (χ3n) is 5.71. The van der Waals surface area contributed by atoms with Crippen LogP contribution in [0.3, 0.4) is 0 Å². The number of carbonyl (C=O) groups excluding carboxylic acids is 1. The molecule has 5 rings (SSSR count). The molecule has 1 aromatic carbocycles. The number of ether oxygens (including phenoxy) is 1. The van der Waals surface area contributed by atoms with Crippen LogP contribution in [-0.2, 0) is 4.79 Å². The van der Waals surface area contributed by atoms with Gasteiger partial charge in [0.15, 0.2) is 5.82 Å². The molecule has 1 fully saturated rings. The van der Waals surface area contributed by atoms with Crippen LogP contribution in [0.2, 0.25) is 0 Å². The number of thiophene rings is 1. The minimum Gasteiger partial charge on any atom is -0.495 e. The molecule has 0 bridgehead atoms. The molecule has 0 spiro atoms. The van der Waals surface area contributed by atoms with Crippen LogP contribution in [0.5, 0.6) is 5.75 Å². The summed E-state index contributed by atoms with van der Waals surface area (Å²) in [7, 11) is 1.68. The van der Waals surface area contributed by atoms with Crippen molar-refractivity contribution in [3.05, 3.63) is 48.6 Å². The molecule has 1 atom stereocenters. The summed E-state index contributed by atoms with van der Waals surface area (Å²) in [6.45, 7) is 6.88. The van der Waals surface area contributed by atoms with E-state index in [1.807, 2.05) is 13.0 Å². The second-order valence-corrected chi connectivity index (χ2v) is 8.75. The number of fused-ring (bicyclic) bond motifs is 2. The van der Waals surface area contributed by atoms with Crippen molar-refractivity contribution in [1.82, 2.24) is 24.5 Å². The molecular weight excluding hydrogens is 412 g/mol. The van der Waals surface area contributed by atoms with E-state index in [4.69, 9.17) is 15.5 Å². The van der Waals surface area contributed by atoms with E-state index < -0.39 is 0 Å². The summed E-state index contributed by atoms with van der Waals surface area (Å²) in [5.41, 5.74) is 8.84. The number of aromatic nitrogens is 4. The number of aryl methyl sites for hydroxylation is 1. The quantitative estimate of drug-likeness (QED) is 0.494. The van der Waals surface area contributed by atoms with Crippen LogP contribution < -0.4 is 10.5 Å². The van der Waals surface area contributed by atoms with Crippen molar-refractivity contribution < 1.29 is 9.53 Å². The van der Waals surface area contributed by atoms with E-state index in [2.05, 4.69) is 28.8 Å². The molecule has 0 saturated carbocycles. The summed E-state index contributed by atoms with van der Waals surface area (Å²) in [5.74, 6) is 2.00. The Morgan fingerprint density at radius 2 is 2.23 bits per heavy atom. The first kappa shape index (κ1) is 19.5. The lowest BCUT2D eigenvalue weighted by Gasteiger charge is -2.13. The topological polar surface area (TPSA) is 98.6 Å². The Bertz CT molecular complexity index is 1340. The monoisotopic (exact) mass is 434 g/mol. The number of hydrogen-bond acceptors (Lipinski definition) is 7. The van der Waals surface area contributed by atoms with Crippen molar-refractivity contribution in [2.75, 3.05) is 25.9 Å². The highest BCUT2D eigenvalue weighted by Gasteiger charge is 2.31. The first-order chi connectivity index (χ1) is 15.0. The highest BCUT2D eigenvalue weighted by Crippen LogP contribution is 2.42. The zero-order valence-electron chi connectivity index (χ0n) is 17.3. The molecule has 1 aliphatic heterocycles. The van der Waals surface area contributed by atoms with Gasteiger partial charge in [0.05, 0.1) is 16.7 Å². The maximum absolute atomic E-state index is 12.0. The average Bonchev–Trinajstić information content (AvgIpc) is 3.48. The van der Waals surface area contributed by atoms with Gasteiger partial charge in [0.2, 0.25) is 5.91 Å².